The van der Waals surface area contributed by atoms with Crippen molar-refractivity contribution in [2.45, 2.75) is 0 Å². The van der Waals surface area contributed by atoms with Crippen LogP contribution in [-0.4, -0.2) is 42.2 Å². The molecule has 162 valence electrons. The molecule has 0 unspecified atom stereocenters. The maximum absolute atomic E-state index is 12.6. The van der Waals surface area contributed by atoms with Crippen molar-refractivity contribution in [1.82, 2.24) is 9.97 Å². The monoisotopic (exact) mass is 449 g/mol. The number of hydrogen-bond acceptors (Lipinski definition) is 7. The van der Waals surface area contributed by atoms with Gasteiger partial charge in [-0.25, -0.2) is 9.97 Å². The predicted molar refractivity (Wildman–Crippen MR) is 124 cm³/mol. The maximum Gasteiger partial charge on any atom is 0.299 e. The number of amides is 1. The Bertz CT molecular complexity index is 1260. The normalized spacial score (nSPS) is 13.8. The van der Waals surface area contributed by atoms with Crippen molar-refractivity contribution < 1.29 is 13.9 Å². The zero-order chi connectivity index (χ0) is 21.9. The lowest BCUT2D eigenvalue weighted by Crippen LogP contribution is -2.36. The molecule has 1 aliphatic rings. The first-order valence-corrected chi connectivity index (χ1v) is 10.6. The number of anilines is 4. The van der Waals surface area contributed by atoms with Crippen molar-refractivity contribution in [2.75, 3.05) is 41.8 Å². The van der Waals surface area contributed by atoms with Crippen molar-refractivity contribution in [3.05, 3.63) is 71.7 Å². The molecule has 5 rings (SSSR count). The number of nitrogens with zero attached hydrogens (tertiary/aromatic N) is 3. The molecule has 1 amide bonds. The van der Waals surface area contributed by atoms with Gasteiger partial charge in [0.05, 0.1) is 42.0 Å². The van der Waals surface area contributed by atoms with Crippen LogP contribution in [0.25, 0.3) is 10.8 Å². The Morgan fingerprint density at radius 2 is 1.84 bits per heavy atom. The Hall–Kier alpha value is -3.62. The highest BCUT2D eigenvalue weighted by molar-refractivity contribution is 6.33. The summed E-state index contributed by atoms with van der Waals surface area (Å²) in [6, 6.07) is 15.8. The lowest BCUT2D eigenvalue weighted by molar-refractivity contribution is 0.0997. The summed E-state index contributed by atoms with van der Waals surface area (Å²) in [5.74, 6) is 0.302. The quantitative estimate of drug-likeness (QED) is 0.455. The first kappa shape index (κ1) is 20.3. The number of carbonyl (C=O) groups excluding carboxylic acids is 1. The van der Waals surface area contributed by atoms with Gasteiger partial charge in [0.2, 0.25) is 5.76 Å². The molecular weight excluding hydrogens is 430 g/mol. The summed E-state index contributed by atoms with van der Waals surface area (Å²) < 4.78 is 11.0. The minimum absolute atomic E-state index is 0.0705. The molecular formula is C23H20ClN5O3. The average Bonchev–Trinajstić information content (AvgIpc) is 3.29. The molecule has 0 atom stereocenters. The Morgan fingerprint density at radius 3 is 2.69 bits per heavy atom. The smallest absolute Gasteiger partial charge is 0.299 e. The number of morpholine rings is 1. The molecule has 1 saturated heterocycles. The highest BCUT2D eigenvalue weighted by Crippen LogP contribution is 2.28. The van der Waals surface area contributed by atoms with E-state index in [1.54, 1.807) is 12.3 Å². The molecule has 0 bridgehead atoms. The van der Waals surface area contributed by atoms with Crippen LogP contribution in [0.2, 0.25) is 5.02 Å². The zero-order valence-corrected chi connectivity index (χ0v) is 17.8. The average molecular weight is 450 g/mol. The van der Waals surface area contributed by atoms with E-state index in [9.17, 15) is 4.79 Å². The summed E-state index contributed by atoms with van der Waals surface area (Å²) >= 11 is 6.39. The molecule has 32 heavy (non-hydrogen) atoms. The Morgan fingerprint density at radius 1 is 1.03 bits per heavy atom. The number of benzene rings is 2. The molecule has 0 aliphatic carbocycles. The van der Waals surface area contributed by atoms with Gasteiger partial charge < -0.3 is 24.7 Å². The molecule has 1 aliphatic heterocycles. The molecule has 0 radical (unpaired) electrons. The van der Waals surface area contributed by atoms with E-state index in [2.05, 4.69) is 25.5 Å². The molecule has 2 N–H and O–H groups in total. The fourth-order valence-electron chi connectivity index (χ4n) is 3.59. The van der Waals surface area contributed by atoms with Crippen molar-refractivity contribution in [3.63, 3.8) is 0 Å². The molecule has 2 aromatic heterocycles. The molecule has 0 saturated carbocycles. The highest BCUT2D eigenvalue weighted by Gasteiger charge is 2.18. The standard InChI is InChI=1S/C23H20ClN5O3/c24-18-12-16(13-25-21(18)29-8-10-31-11-9-29)27-22(30)20-14-26-23(32-20)28-19-7-3-5-15-4-1-2-6-17(15)19/h1-7,12-14H,8-11H2,(H,26,28)(H,27,30). The molecule has 9 heteroatoms. The molecule has 1 fully saturated rings. The van der Waals surface area contributed by atoms with E-state index in [4.69, 9.17) is 20.8 Å². The van der Waals surface area contributed by atoms with Gasteiger partial charge in [-0.15, -0.1) is 0 Å². The van der Waals surface area contributed by atoms with Crippen molar-refractivity contribution in [1.29, 1.82) is 0 Å². The van der Waals surface area contributed by atoms with E-state index in [-0.39, 0.29) is 11.8 Å². The van der Waals surface area contributed by atoms with E-state index in [1.165, 1.54) is 6.20 Å². The lowest BCUT2D eigenvalue weighted by Gasteiger charge is -2.28. The molecule has 2 aromatic carbocycles. The Labute approximate surface area is 189 Å². The largest absolute Gasteiger partial charge is 0.418 e. The summed E-state index contributed by atoms with van der Waals surface area (Å²) in [6.07, 6.45) is 2.94. The molecule has 8 nitrogen and oxygen atoms in total. The fraction of sp³-hybridized carbons (Fsp3) is 0.174. The zero-order valence-electron chi connectivity index (χ0n) is 17.0. The summed E-state index contributed by atoms with van der Waals surface area (Å²) in [4.78, 5) is 23.3. The van der Waals surface area contributed by atoms with Gasteiger partial charge in [-0.05, 0) is 17.5 Å². The summed E-state index contributed by atoms with van der Waals surface area (Å²) in [5.41, 5.74) is 1.31. The van der Waals surface area contributed by atoms with Crippen molar-refractivity contribution in [2.24, 2.45) is 0 Å². The van der Waals surface area contributed by atoms with Gasteiger partial charge in [-0.2, -0.15) is 0 Å². The fourth-order valence-corrected chi connectivity index (χ4v) is 3.87. The molecule has 0 spiro atoms. The lowest BCUT2D eigenvalue weighted by atomic mass is 10.1. The van der Waals surface area contributed by atoms with Crippen LogP contribution in [0.4, 0.5) is 23.2 Å². The number of nitrogens with one attached hydrogen (secondary N) is 2. The first-order valence-electron chi connectivity index (χ1n) is 10.2. The Kier molecular flexibility index (Phi) is 5.62. The number of halogens is 1. The van der Waals surface area contributed by atoms with Gasteiger partial charge in [-0.3, -0.25) is 4.79 Å². The first-order chi connectivity index (χ1) is 15.7. The number of pyridine rings is 1. The number of ether oxygens (including phenoxy) is 1. The van der Waals surface area contributed by atoms with Crippen LogP contribution in [0.5, 0.6) is 0 Å². The van der Waals surface area contributed by atoms with Crippen molar-refractivity contribution >= 4 is 51.5 Å². The van der Waals surface area contributed by atoms with E-state index >= 15 is 0 Å². The van der Waals surface area contributed by atoms with Crippen LogP contribution in [-0.2, 0) is 4.74 Å². The van der Waals surface area contributed by atoms with E-state index in [1.807, 2.05) is 42.5 Å². The van der Waals surface area contributed by atoms with Crippen LogP contribution in [0.1, 0.15) is 10.6 Å². The van der Waals surface area contributed by atoms with Gasteiger partial charge >= 0.3 is 0 Å². The van der Waals surface area contributed by atoms with Gasteiger partial charge in [0.15, 0.2) is 0 Å². The van der Waals surface area contributed by atoms with Gasteiger partial charge in [0.1, 0.15) is 5.82 Å². The van der Waals surface area contributed by atoms with Crippen molar-refractivity contribution in [3.8, 4) is 0 Å². The summed E-state index contributed by atoms with van der Waals surface area (Å²) in [7, 11) is 0. The maximum atomic E-state index is 12.6. The highest BCUT2D eigenvalue weighted by atomic mass is 35.5. The number of aromatic nitrogens is 2. The third kappa shape index (κ3) is 4.23. The van der Waals surface area contributed by atoms with Gasteiger partial charge in [0, 0.05) is 18.5 Å². The molecule has 3 heterocycles. The predicted octanol–water partition coefficient (Wildman–Crippen LogP) is 4.71. The van der Waals surface area contributed by atoms with Crippen LogP contribution in [0.15, 0.2) is 65.3 Å². The second-order valence-electron chi connectivity index (χ2n) is 7.26. The van der Waals surface area contributed by atoms with Crippen LogP contribution in [0, 0.1) is 0 Å². The number of oxazole rings is 1. The van der Waals surface area contributed by atoms with Crippen LogP contribution < -0.4 is 15.5 Å². The van der Waals surface area contributed by atoms with Crippen LogP contribution in [0.3, 0.4) is 0 Å². The van der Waals surface area contributed by atoms with Gasteiger partial charge in [-0.1, -0.05) is 48.0 Å². The Balaban J connectivity index is 1.28. The summed E-state index contributed by atoms with van der Waals surface area (Å²) in [6.45, 7) is 2.72. The minimum Gasteiger partial charge on any atom is -0.418 e. The molecule has 4 aromatic rings. The number of carbonyl (C=O) groups is 1. The second-order valence-corrected chi connectivity index (χ2v) is 7.67. The number of fused-ring (bicyclic) bond motifs is 1. The third-order valence-corrected chi connectivity index (χ3v) is 5.43. The second kappa shape index (κ2) is 8.86. The van der Waals surface area contributed by atoms with Crippen LogP contribution >= 0.6 is 11.6 Å². The van der Waals surface area contributed by atoms with E-state index in [0.29, 0.717) is 29.7 Å². The number of rotatable bonds is 5. The summed E-state index contributed by atoms with van der Waals surface area (Å²) in [5, 5.41) is 8.45. The SMILES string of the molecule is O=C(Nc1cnc(N2CCOCC2)c(Cl)c1)c1cnc(Nc2cccc3ccccc23)o1. The minimum atomic E-state index is -0.444. The topological polar surface area (TPSA) is 92.5 Å². The number of hydrogen-bond donors (Lipinski definition) is 2. The van der Waals surface area contributed by atoms with E-state index in [0.717, 1.165) is 29.5 Å². The third-order valence-electron chi connectivity index (χ3n) is 5.15. The van der Waals surface area contributed by atoms with E-state index < -0.39 is 5.91 Å². The van der Waals surface area contributed by atoms with Gasteiger partial charge in [0.25, 0.3) is 11.9 Å².